The summed E-state index contributed by atoms with van der Waals surface area (Å²) in [5.41, 5.74) is -0.864. The molecule has 3 aromatic carbocycles. The number of ether oxygens (including phenoxy) is 1. The lowest BCUT2D eigenvalue weighted by atomic mass is 9.65. The number of carbonyl (C=O) groups is 2. The standard InChI is InChI=1S/C29H28O5S/c1-3-23-20-25(35(32,33)24-18-12-7-13-19-24)26(21-14-8-5-9-15-21)29(23,28(31)34-4-2)27(30)22-16-10-6-11-17-22/h3,5-19,23,25-26H,1,4,20H2,2H3/t23-,25+,26-,29-/m0/s1. The average Bonchev–Trinajstić information content (AvgIpc) is 3.27. The molecule has 0 bridgehead atoms. The van der Waals surface area contributed by atoms with E-state index in [1.165, 1.54) is 6.08 Å². The maximum atomic E-state index is 14.3. The Kier molecular flexibility index (Phi) is 7.03. The molecule has 5 nitrogen and oxygen atoms in total. The first-order valence-corrected chi connectivity index (χ1v) is 13.2. The zero-order valence-corrected chi connectivity index (χ0v) is 20.4. The number of sulfone groups is 1. The van der Waals surface area contributed by atoms with Gasteiger partial charge in [0, 0.05) is 17.4 Å². The van der Waals surface area contributed by atoms with Gasteiger partial charge in [0.1, 0.15) is 5.41 Å². The molecule has 1 fully saturated rings. The molecule has 0 aromatic heterocycles. The average molecular weight is 489 g/mol. The second-order valence-corrected chi connectivity index (χ2v) is 10.8. The molecule has 0 aliphatic heterocycles. The Morgan fingerprint density at radius 2 is 1.49 bits per heavy atom. The largest absolute Gasteiger partial charge is 0.465 e. The molecule has 0 amide bonds. The molecule has 1 aliphatic carbocycles. The van der Waals surface area contributed by atoms with Gasteiger partial charge >= 0.3 is 5.97 Å². The molecule has 4 rings (SSSR count). The van der Waals surface area contributed by atoms with E-state index in [2.05, 4.69) is 6.58 Å². The molecule has 0 radical (unpaired) electrons. The van der Waals surface area contributed by atoms with Crippen LogP contribution >= 0.6 is 0 Å². The van der Waals surface area contributed by atoms with Gasteiger partial charge in [-0.05, 0) is 31.0 Å². The number of Topliss-reactive ketones (excluding diaryl/α,β-unsaturated/α-hetero) is 1. The van der Waals surface area contributed by atoms with Crippen LogP contribution in [0.25, 0.3) is 0 Å². The summed E-state index contributed by atoms with van der Waals surface area (Å²) >= 11 is 0. The van der Waals surface area contributed by atoms with Gasteiger partial charge < -0.3 is 4.74 Å². The van der Waals surface area contributed by atoms with E-state index in [4.69, 9.17) is 4.74 Å². The zero-order valence-electron chi connectivity index (χ0n) is 19.5. The maximum absolute atomic E-state index is 14.3. The number of allylic oxidation sites excluding steroid dienone is 1. The van der Waals surface area contributed by atoms with Crippen LogP contribution in [-0.4, -0.2) is 32.0 Å². The first-order valence-electron chi connectivity index (χ1n) is 11.6. The minimum atomic E-state index is -3.92. The highest BCUT2D eigenvalue weighted by molar-refractivity contribution is 7.92. The third-order valence-corrected chi connectivity index (χ3v) is 9.06. The molecule has 0 spiro atoms. The lowest BCUT2D eigenvalue weighted by Crippen LogP contribution is -2.48. The van der Waals surface area contributed by atoms with Gasteiger partial charge in [0.25, 0.3) is 0 Å². The van der Waals surface area contributed by atoms with E-state index in [1.807, 2.05) is 6.07 Å². The lowest BCUT2D eigenvalue weighted by Gasteiger charge is -2.37. The second kappa shape index (κ2) is 10.0. The Labute approximate surface area is 206 Å². The van der Waals surface area contributed by atoms with Crippen molar-refractivity contribution in [2.24, 2.45) is 11.3 Å². The fourth-order valence-electron chi connectivity index (χ4n) is 5.37. The van der Waals surface area contributed by atoms with Gasteiger partial charge in [-0.2, -0.15) is 0 Å². The predicted octanol–water partition coefficient (Wildman–Crippen LogP) is 5.25. The molecule has 0 saturated heterocycles. The van der Waals surface area contributed by atoms with E-state index in [-0.39, 0.29) is 17.9 Å². The Hall–Kier alpha value is -3.51. The van der Waals surface area contributed by atoms with Crippen molar-refractivity contribution in [3.05, 3.63) is 115 Å². The van der Waals surface area contributed by atoms with E-state index in [1.54, 1.807) is 91.9 Å². The number of hydrogen-bond donors (Lipinski definition) is 0. The van der Waals surface area contributed by atoms with Crippen molar-refractivity contribution < 1.29 is 22.7 Å². The smallest absolute Gasteiger partial charge is 0.321 e. The van der Waals surface area contributed by atoms with E-state index in [9.17, 15) is 18.0 Å². The van der Waals surface area contributed by atoms with Crippen LogP contribution in [0.1, 0.15) is 35.2 Å². The Bertz CT molecular complexity index is 1300. The molecular formula is C29H28O5S. The van der Waals surface area contributed by atoms with Crippen LogP contribution in [0.5, 0.6) is 0 Å². The number of benzene rings is 3. The monoisotopic (exact) mass is 488 g/mol. The normalized spacial score (nSPS) is 24.0. The van der Waals surface area contributed by atoms with Crippen LogP contribution < -0.4 is 0 Å². The molecule has 0 heterocycles. The summed E-state index contributed by atoms with van der Waals surface area (Å²) in [6.45, 7) is 5.65. The Morgan fingerprint density at radius 3 is 2.03 bits per heavy atom. The topological polar surface area (TPSA) is 77.5 Å². The zero-order chi connectivity index (χ0) is 25.1. The first-order chi connectivity index (χ1) is 16.9. The lowest BCUT2D eigenvalue weighted by molar-refractivity contribution is -0.154. The van der Waals surface area contributed by atoms with Gasteiger partial charge in [-0.25, -0.2) is 8.42 Å². The quantitative estimate of drug-likeness (QED) is 0.187. The highest BCUT2D eigenvalue weighted by Crippen LogP contribution is 2.58. The molecule has 35 heavy (non-hydrogen) atoms. The molecule has 1 aliphatic rings. The molecule has 180 valence electrons. The van der Waals surface area contributed by atoms with Crippen LogP contribution in [0.15, 0.2) is 109 Å². The van der Waals surface area contributed by atoms with Crippen molar-refractivity contribution >= 4 is 21.6 Å². The minimum Gasteiger partial charge on any atom is -0.465 e. The van der Waals surface area contributed by atoms with Gasteiger partial charge in [-0.1, -0.05) is 84.9 Å². The van der Waals surface area contributed by atoms with Gasteiger partial charge in [-0.15, -0.1) is 6.58 Å². The van der Waals surface area contributed by atoms with Gasteiger partial charge in [0.05, 0.1) is 16.8 Å². The Morgan fingerprint density at radius 1 is 0.943 bits per heavy atom. The van der Waals surface area contributed by atoms with Crippen LogP contribution in [-0.2, 0) is 19.4 Å². The molecule has 3 aromatic rings. The van der Waals surface area contributed by atoms with Gasteiger partial charge in [0.2, 0.25) is 0 Å². The van der Waals surface area contributed by atoms with E-state index < -0.39 is 44.1 Å². The molecule has 0 N–H and O–H groups in total. The maximum Gasteiger partial charge on any atom is 0.321 e. The highest BCUT2D eigenvalue weighted by Gasteiger charge is 2.67. The summed E-state index contributed by atoms with van der Waals surface area (Å²) in [7, 11) is -3.92. The Balaban J connectivity index is 2.03. The number of esters is 1. The molecule has 6 heteroatoms. The molecule has 1 saturated carbocycles. The summed E-state index contributed by atoms with van der Waals surface area (Å²) in [6, 6.07) is 25.6. The third kappa shape index (κ3) is 4.12. The van der Waals surface area contributed by atoms with Crippen LogP contribution in [0.3, 0.4) is 0 Å². The van der Waals surface area contributed by atoms with Crippen molar-refractivity contribution in [3.8, 4) is 0 Å². The van der Waals surface area contributed by atoms with E-state index in [0.29, 0.717) is 11.1 Å². The summed E-state index contributed by atoms with van der Waals surface area (Å²) in [4.78, 5) is 28.3. The second-order valence-electron chi connectivity index (χ2n) is 8.65. The van der Waals surface area contributed by atoms with Crippen molar-refractivity contribution in [2.45, 2.75) is 29.4 Å². The number of ketones is 1. The predicted molar refractivity (Wildman–Crippen MR) is 135 cm³/mol. The van der Waals surface area contributed by atoms with E-state index >= 15 is 0 Å². The summed E-state index contributed by atoms with van der Waals surface area (Å²) < 4.78 is 33.5. The minimum absolute atomic E-state index is 0.0597. The van der Waals surface area contributed by atoms with Crippen molar-refractivity contribution in [2.75, 3.05) is 6.61 Å². The summed E-state index contributed by atoms with van der Waals surface area (Å²) in [5.74, 6) is -2.90. The molecule has 4 atom stereocenters. The van der Waals surface area contributed by atoms with Gasteiger partial charge in [-0.3, -0.25) is 9.59 Å². The molecule has 0 unspecified atom stereocenters. The van der Waals surface area contributed by atoms with Crippen LogP contribution in [0.4, 0.5) is 0 Å². The van der Waals surface area contributed by atoms with Crippen molar-refractivity contribution in [1.82, 2.24) is 0 Å². The third-order valence-electron chi connectivity index (χ3n) is 6.87. The van der Waals surface area contributed by atoms with Gasteiger partial charge in [0.15, 0.2) is 15.6 Å². The first kappa shape index (κ1) is 24.6. The van der Waals surface area contributed by atoms with Crippen LogP contribution in [0.2, 0.25) is 0 Å². The molecular weight excluding hydrogens is 460 g/mol. The van der Waals surface area contributed by atoms with E-state index in [0.717, 1.165) is 0 Å². The number of rotatable bonds is 8. The fourth-order valence-corrected chi connectivity index (χ4v) is 7.44. The SMILES string of the molecule is C=C[C@H]1C[C@@H](S(=O)(=O)c2ccccc2)[C@H](c2ccccc2)[C@]1(C(=O)OCC)C(=O)c1ccccc1. The number of carbonyl (C=O) groups excluding carboxylic acids is 2. The summed E-state index contributed by atoms with van der Waals surface area (Å²) in [5, 5.41) is -1.03. The van der Waals surface area contributed by atoms with Crippen molar-refractivity contribution in [1.29, 1.82) is 0 Å². The summed E-state index contributed by atoms with van der Waals surface area (Å²) in [6.07, 6.45) is 1.60. The van der Waals surface area contributed by atoms with Crippen LogP contribution in [0, 0.1) is 11.3 Å². The highest BCUT2D eigenvalue weighted by atomic mass is 32.2. The fraction of sp³-hybridized carbons (Fsp3) is 0.241. The van der Waals surface area contributed by atoms with Crippen molar-refractivity contribution in [3.63, 3.8) is 0 Å². The number of hydrogen-bond acceptors (Lipinski definition) is 5.